The van der Waals surface area contributed by atoms with E-state index in [9.17, 15) is 0 Å². The van der Waals surface area contributed by atoms with Gasteiger partial charge >= 0.3 is 0 Å². The summed E-state index contributed by atoms with van der Waals surface area (Å²) in [5.74, 6) is 0. The average Bonchev–Trinajstić information content (AvgIpc) is 2.48. The Bertz CT molecular complexity index is 110. The van der Waals surface area contributed by atoms with E-state index in [2.05, 4.69) is 5.48 Å². The summed E-state index contributed by atoms with van der Waals surface area (Å²) in [5.41, 5.74) is 2.23. The second kappa shape index (κ2) is 4.66. The SMILES string of the molecule is OCCO[C@@H]1CC[C@H](NO)C1. The van der Waals surface area contributed by atoms with Crippen LogP contribution in [0.1, 0.15) is 19.3 Å². The molecule has 0 unspecified atom stereocenters. The number of ether oxygens (including phenoxy) is 1. The predicted molar refractivity (Wildman–Crippen MR) is 39.4 cm³/mol. The Labute approximate surface area is 66.1 Å². The molecule has 2 atom stereocenters. The van der Waals surface area contributed by atoms with Crippen LogP contribution in [0, 0.1) is 0 Å². The van der Waals surface area contributed by atoms with Crippen molar-refractivity contribution in [1.29, 1.82) is 0 Å². The highest BCUT2D eigenvalue weighted by molar-refractivity contribution is 4.78. The lowest BCUT2D eigenvalue weighted by Crippen LogP contribution is -2.23. The number of aliphatic hydroxyl groups is 1. The van der Waals surface area contributed by atoms with E-state index in [0.717, 1.165) is 19.3 Å². The summed E-state index contributed by atoms with van der Waals surface area (Å²) in [6, 6.07) is 0.179. The molecule has 0 aromatic carbocycles. The molecule has 11 heavy (non-hydrogen) atoms. The minimum atomic E-state index is 0.0771. The Morgan fingerprint density at radius 2 is 2.27 bits per heavy atom. The molecule has 0 aromatic rings. The maximum absolute atomic E-state index is 8.55. The summed E-state index contributed by atoms with van der Waals surface area (Å²) in [6.07, 6.45) is 2.98. The number of nitrogens with one attached hydrogen (secondary N) is 1. The van der Waals surface area contributed by atoms with Gasteiger partial charge in [0.05, 0.1) is 19.3 Å². The van der Waals surface area contributed by atoms with Crippen LogP contribution < -0.4 is 5.48 Å². The molecule has 3 N–H and O–H groups in total. The van der Waals surface area contributed by atoms with Crippen molar-refractivity contribution in [2.24, 2.45) is 0 Å². The smallest absolute Gasteiger partial charge is 0.0701 e. The standard InChI is InChI=1S/C7H15NO3/c9-3-4-11-7-2-1-6(5-7)8-10/h6-10H,1-5H2/t6-,7+/m0/s1. The Hall–Kier alpha value is -0.160. The van der Waals surface area contributed by atoms with E-state index in [1.165, 1.54) is 0 Å². The van der Waals surface area contributed by atoms with Gasteiger partial charge in [0.15, 0.2) is 0 Å². The van der Waals surface area contributed by atoms with E-state index in [4.69, 9.17) is 15.1 Å². The molecule has 0 radical (unpaired) electrons. The van der Waals surface area contributed by atoms with Crippen molar-refractivity contribution in [3.8, 4) is 0 Å². The fourth-order valence-corrected chi connectivity index (χ4v) is 1.43. The minimum Gasteiger partial charge on any atom is -0.394 e. The van der Waals surface area contributed by atoms with Crippen LogP contribution in [0.15, 0.2) is 0 Å². The molecule has 0 amide bonds. The van der Waals surface area contributed by atoms with E-state index in [1.807, 2.05) is 0 Å². The lowest BCUT2D eigenvalue weighted by atomic mass is 10.3. The first kappa shape index (κ1) is 8.93. The van der Waals surface area contributed by atoms with Crippen molar-refractivity contribution >= 4 is 0 Å². The second-order valence-corrected chi connectivity index (χ2v) is 2.86. The first-order valence-corrected chi connectivity index (χ1v) is 3.99. The lowest BCUT2D eigenvalue weighted by Gasteiger charge is -2.10. The Kier molecular flexibility index (Phi) is 3.79. The van der Waals surface area contributed by atoms with E-state index in [-0.39, 0.29) is 18.8 Å². The van der Waals surface area contributed by atoms with Crippen molar-refractivity contribution in [1.82, 2.24) is 5.48 Å². The topological polar surface area (TPSA) is 61.7 Å². The molecule has 0 saturated heterocycles. The summed E-state index contributed by atoms with van der Waals surface area (Å²) in [6.45, 7) is 0.483. The van der Waals surface area contributed by atoms with Crippen LogP contribution in [-0.2, 0) is 4.74 Å². The summed E-state index contributed by atoms with van der Waals surface area (Å²) in [7, 11) is 0. The number of aliphatic hydroxyl groups excluding tert-OH is 1. The number of hydrogen-bond acceptors (Lipinski definition) is 4. The van der Waals surface area contributed by atoms with Crippen LogP contribution in [0.2, 0.25) is 0 Å². The van der Waals surface area contributed by atoms with Crippen LogP contribution in [0.3, 0.4) is 0 Å². The van der Waals surface area contributed by atoms with Crippen LogP contribution in [0.5, 0.6) is 0 Å². The molecule has 66 valence electrons. The van der Waals surface area contributed by atoms with Crippen LogP contribution in [0.25, 0.3) is 0 Å². The Morgan fingerprint density at radius 1 is 1.45 bits per heavy atom. The molecule has 1 rings (SSSR count). The molecular formula is C7H15NO3. The van der Waals surface area contributed by atoms with Crippen LogP contribution in [-0.4, -0.2) is 35.7 Å². The van der Waals surface area contributed by atoms with E-state index >= 15 is 0 Å². The molecule has 4 nitrogen and oxygen atoms in total. The minimum absolute atomic E-state index is 0.0771. The predicted octanol–water partition coefficient (Wildman–Crippen LogP) is -0.105. The highest BCUT2D eigenvalue weighted by atomic mass is 16.5. The maximum Gasteiger partial charge on any atom is 0.0701 e. The Morgan fingerprint density at radius 3 is 2.82 bits per heavy atom. The molecular weight excluding hydrogens is 146 g/mol. The van der Waals surface area contributed by atoms with Gasteiger partial charge in [-0.25, -0.2) is 5.48 Å². The second-order valence-electron chi connectivity index (χ2n) is 2.86. The number of rotatable bonds is 4. The van der Waals surface area contributed by atoms with Gasteiger partial charge in [-0.1, -0.05) is 0 Å². The molecule has 1 saturated carbocycles. The van der Waals surface area contributed by atoms with Crippen molar-refractivity contribution in [3.05, 3.63) is 0 Å². The maximum atomic E-state index is 8.55. The van der Waals surface area contributed by atoms with Gasteiger partial charge in [-0.2, -0.15) is 0 Å². The fourth-order valence-electron chi connectivity index (χ4n) is 1.43. The van der Waals surface area contributed by atoms with E-state index in [0.29, 0.717) is 6.61 Å². The van der Waals surface area contributed by atoms with Crippen LogP contribution in [0.4, 0.5) is 0 Å². The van der Waals surface area contributed by atoms with Gasteiger partial charge < -0.3 is 15.1 Å². The normalized spacial score (nSPS) is 31.1. The first-order valence-electron chi connectivity index (χ1n) is 3.99. The van der Waals surface area contributed by atoms with Gasteiger partial charge in [0.1, 0.15) is 0 Å². The lowest BCUT2D eigenvalue weighted by molar-refractivity contribution is 0.0274. The van der Waals surface area contributed by atoms with E-state index < -0.39 is 0 Å². The van der Waals surface area contributed by atoms with E-state index in [1.54, 1.807) is 0 Å². The van der Waals surface area contributed by atoms with Gasteiger partial charge in [0.25, 0.3) is 0 Å². The number of hydrogen-bond donors (Lipinski definition) is 3. The summed E-state index contributed by atoms with van der Waals surface area (Å²) in [5, 5.41) is 17.0. The van der Waals surface area contributed by atoms with Gasteiger partial charge in [-0.15, -0.1) is 0 Å². The third-order valence-electron chi connectivity index (χ3n) is 2.01. The molecule has 0 bridgehead atoms. The third kappa shape index (κ3) is 2.75. The zero-order valence-electron chi connectivity index (χ0n) is 6.49. The average molecular weight is 161 g/mol. The zero-order chi connectivity index (χ0) is 8.10. The highest BCUT2D eigenvalue weighted by Crippen LogP contribution is 2.21. The summed E-state index contributed by atoms with van der Waals surface area (Å²) in [4.78, 5) is 0. The van der Waals surface area contributed by atoms with Crippen molar-refractivity contribution in [2.45, 2.75) is 31.4 Å². The zero-order valence-corrected chi connectivity index (χ0v) is 6.49. The molecule has 1 fully saturated rings. The molecule has 0 heterocycles. The Balaban J connectivity index is 2.09. The summed E-state index contributed by atoms with van der Waals surface area (Å²) < 4.78 is 5.28. The van der Waals surface area contributed by atoms with Crippen molar-refractivity contribution in [3.63, 3.8) is 0 Å². The molecule has 0 aromatic heterocycles. The molecule has 0 spiro atoms. The fraction of sp³-hybridized carbons (Fsp3) is 1.00. The van der Waals surface area contributed by atoms with Crippen LogP contribution >= 0.6 is 0 Å². The van der Waals surface area contributed by atoms with Crippen molar-refractivity contribution < 1.29 is 15.1 Å². The number of hydroxylamine groups is 1. The highest BCUT2D eigenvalue weighted by Gasteiger charge is 2.24. The van der Waals surface area contributed by atoms with Gasteiger partial charge in [0, 0.05) is 6.04 Å². The largest absolute Gasteiger partial charge is 0.394 e. The van der Waals surface area contributed by atoms with Crippen molar-refractivity contribution in [2.75, 3.05) is 13.2 Å². The molecule has 4 heteroatoms. The molecule has 1 aliphatic carbocycles. The molecule has 0 aliphatic heterocycles. The van der Waals surface area contributed by atoms with Gasteiger partial charge in [-0.05, 0) is 19.3 Å². The summed E-state index contributed by atoms with van der Waals surface area (Å²) >= 11 is 0. The quantitative estimate of drug-likeness (QED) is 0.504. The molecule has 1 aliphatic rings. The van der Waals surface area contributed by atoms with Gasteiger partial charge in [-0.3, -0.25) is 0 Å². The third-order valence-corrected chi connectivity index (χ3v) is 2.01. The van der Waals surface area contributed by atoms with Gasteiger partial charge in [0.2, 0.25) is 0 Å². The monoisotopic (exact) mass is 161 g/mol. The first-order chi connectivity index (χ1) is 5.36.